The molecule has 0 aliphatic heterocycles. The van der Waals surface area contributed by atoms with Gasteiger partial charge in [0.15, 0.2) is 0 Å². The summed E-state index contributed by atoms with van der Waals surface area (Å²) in [6.45, 7) is -0.250. The second kappa shape index (κ2) is 5.93. The predicted octanol–water partition coefficient (Wildman–Crippen LogP) is -0.995. The molecule has 0 aliphatic rings. The zero-order chi connectivity index (χ0) is 9.49. The van der Waals surface area contributed by atoms with Crippen LogP contribution in [0, 0.1) is 0 Å². The third-order valence-electron chi connectivity index (χ3n) is 0.379. The lowest BCUT2D eigenvalue weighted by atomic mass is 10.6. The zero-order valence-electron chi connectivity index (χ0n) is 5.43. The zero-order valence-corrected chi connectivity index (χ0v) is 5.43. The minimum Gasteiger partial charge on any atom is -0.394 e. The maximum absolute atomic E-state index is 10.7. The van der Waals surface area contributed by atoms with Gasteiger partial charge in [0.1, 0.15) is 0 Å². The number of carbonyl (C=O) groups is 1. The number of aliphatic hydroxyl groups is 2. The van der Waals surface area contributed by atoms with Gasteiger partial charge in [-0.15, -0.1) is 0 Å². The smallest absolute Gasteiger partial charge is 0.394 e. The fraction of sp³-hybridized carbons (Fsp3) is 0.750. The normalized spacial score (nSPS) is 9.91. The number of nitrogens with two attached hydrogens (primary N) is 1. The number of alkyl halides is 3. The van der Waals surface area contributed by atoms with Crippen molar-refractivity contribution >= 4 is 5.91 Å². The van der Waals surface area contributed by atoms with Crippen LogP contribution in [0.5, 0.6) is 0 Å². The van der Waals surface area contributed by atoms with Crippen molar-refractivity contribution in [2.24, 2.45) is 5.73 Å². The van der Waals surface area contributed by atoms with Gasteiger partial charge in [-0.25, -0.2) is 0 Å². The SMILES string of the molecule is NC(=O)C(F)(F)F.OCCO. The predicted molar refractivity (Wildman–Crippen MR) is 29.4 cm³/mol. The van der Waals surface area contributed by atoms with Crippen LogP contribution < -0.4 is 5.73 Å². The average molecular weight is 175 g/mol. The summed E-state index contributed by atoms with van der Waals surface area (Å²) in [4.78, 5) is 9.12. The van der Waals surface area contributed by atoms with E-state index < -0.39 is 12.1 Å². The molecule has 11 heavy (non-hydrogen) atoms. The Morgan fingerprint density at radius 2 is 1.45 bits per heavy atom. The Kier molecular flexibility index (Phi) is 6.91. The molecule has 0 spiro atoms. The van der Waals surface area contributed by atoms with Crippen molar-refractivity contribution in [3.63, 3.8) is 0 Å². The molecule has 0 saturated carbocycles. The van der Waals surface area contributed by atoms with Gasteiger partial charge in [0.2, 0.25) is 0 Å². The largest absolute Gasteiger partial charge is 0.470 e. The molecule has 4 nitrogen and oxygen atoms in total. The van der Waals surface area contributed by atoms with Gasteiger partial charge in [-0.2, -0.15) is 13.2 Å². The third-order valence-corrected chi connectivity index (χ3v) is 0.379. The van der Waals surface area contributed by atoms with Gasteiger partial charge >= 0.3 is 12.1 Å². The Bertz CT molecular complexity index is 112. The fourth-order valence-electron chi connectivity index (χ4n) is 0. The molecule has 68 valence electrons. The molecule has 0 rings (SSSR count). The van der Waals surface area contributed by atoms with Crippen LogP contribution in [-0.2, 0) is 4.79 Å². The van der Waals surface area contributed by atoms with Crippen molar-refractivity contribution in [2.45, 2.75) is 6.18 Å². The first-order chi connectivity index (χ1) is 4.86. The molecule has 0 aromatic heterocycles. The first-order valence-electron chi connectivity index (χ1n) is 2.44. The number of rotatable bonds is 1. The Labute approximate surface area is 60.4 Å². The molecule has 0 radical (unpaired) electrons. The van der Waals surface area contributed by atoms with E-state index in [-0.39, 0.29) is 13.2 Å². The van der Waals surface area contributed by atoms with Crippen molar-refractivity contribution in [2.75, 3.05) is 13.2 Å². The Hall–Kier alpha value is -0.820. The lowest BCUT2D eigenvalue weighted by Crippen LogP contribution is -2.30. The molecular weight excluding hydrogens is 167 g/mol. The van der Waals surface area contributed by atoms with E-state index in [1.54, 1.807) is 0 Å². The first kappa shape index (κ1) is 12.8. The van der Waals surface area contributed by atoms with Crippen molar-refractivity contribution < 1.29 is 28.2 Å². The highest BCUT2D eigenvalue weighted by Gasteiger charge is 2.35. The van der Waals surface area contributed by atoms with Crippen LogP contribution >= 0.6 is 0 Å². The number of hydrogen-bond acceptors (Lipinski definition) is 3. The van der Waals surface area contributed by atoms with Crippen LogP contribution in [0.1, 0.15) is 0 Å². The highest BCUT2D eigenvalue weighted by atomic mass is 19.4. The van der Waals surface area contributed by atoms with Crippen LogP contribution in [0.4, 0.5) is 13.2 Å². The van der Waals surface area contributed by atoms with E-state index in [1.807, 2.05) is 0 Å². The highest BCUT2D eigenvalue weighted by Crippen LogP contribution is 2.11. The van der Waals surface area contributed by atoms with Gasteiger partial charge in [-0.3, -0.25) is 4.79 Å². The molecule has 0 heterocycles. The van der Waals surface area contributed by atoms with Gasteiger partial charge < -0.3 is 15.9 Å². The Morgan fingerprint density at radius 1 is 1.27 bits per heavy atom. The maximum atomic E-state index is 10.7. The second-order valence-corrected chi connectivity index (χ2v) is 1.31. The summed E-state index contributed by atoms with van der Waals surface area (Å²) < 4.78 is 32.1. The molecule has 0 saturated heterocycles. The second-order valence-electron chi connectivity index (χ2n) is 1.31. The molecular formula is C4H8F3NO3. The molecule has 0 fully saturated rings. The summed E-state index contributed by atoms with van der Waals surface area (Å²) in [7, 11) is 0. The van der Waals surface area contributed by atoms with Crippen LogP contribution in [0.3, 0.4) is 0 Å². The fourth-order valence-corrected chi connectivity index (χ4v) is 0. The minimum atomic E-state index is -4.86. The summed E-state index contributed by atoms with van der Waals surface area (Å²) in [5.41, 5.74) is 3.81. The third kappa shape index (κ3) is 12.4. The van der Waals surface area contributed by atoms with Gasteiger partial charge in [0.25, 0.3) is 0 Å². The van der Waals surface area contributed by atoms with E-state index in [0.29, 0.717) is 0 Å². The summed E-state index contributed by atoms with van der Waals surface area (Å²) in [6.07, 6.45) is -4.86. The molecule has 0 aromatic carbocycles. The summed E-state index contributed by atoms with van der Waals surface area (Å²) in [5, 5.41) is 15.2. The monoisotopic (exact) mass is 175 g/mol. The van der Waals surface area contributed by atoms with Crippen molar-refractivity contribution in [1.29, 1.82) is 0 Å². The van der Waals surface area contributed by atoms with Crippen LogP contribution in [-0.4, -0.2) is 35.5 Å². The van der Waals surface area contributed by atoms with Crippen molar-refractivity contribution in [3.05, 3.63) is 0 Å². The summed E-state index contributed by atoms with van der Waals surface area (Å²) >= 11 is 0. The standard InChI is InChI=1S/C2H2F3NO.C2H6O2/c3-2(4,5)1(6)7;3-1-2-4/h(H2,6,7);3-4H,1-2H2. The van der Waals surface area contributed by atoms with Gasteiger partial charge in [0, 0.05) is 0 Å². The quantitative estimate of drug-likeness (QED) is 0.478. The number of hydrogen-bond donors (Lipinski definition) is 3. The molecule has 4 N–H and O–H groups in total. The van der Waals surface area contributed by atoms with Gasteiger partial charge in [0.05, 0.1) is 13.2 Å². The number of primary amides is 1. The van der Waals surface area contributed by atoms with E-state index in [2.05, 4.69) is 5.73 Å². The average Bonchev–Trinajstić information content (AvgIpc) is 1.87. The van der Waals surface area contributed by atoms with E-state index in [0.717, 1.165) is 0 Å². The first-order valence-corrected chi connectivity index (χ1v) is 2.44. The molecule has 0 atom stereocenters. The maximum Gasteiger partial charge on any atom is 0.470 e. The van der Waals surface area contributed by atoms with Crippen molar-refractivity contribution in [3.8, 4) is 0 Å². The molecule has 1 amide bonds. The van der Waals surface area contributed by atoms with Crippen LogP contribution in [0.2, 0.25) is 0 Å². The lowest BCUT2D eigenvalue weighted by molar-refractivity contribution is -0.169. The molecule has 0 bridgehead atoms. The summed E-state index contributed by atoms with van der Waals surface area (Å²) in [5.74, 6) is -2.26. The Morgan fingerprint density at radius 3 is 1.45 bits per heavy atom. The molecule has 0 unspecified atom stereocenters. The van der Waals surface area contributed by atoms with Crippen LogP contribution in [0.25, 0.3) is 0 Å². The number of halogens is 3. The van der Waals surface area contributed by atoms with E-state index >= 15 is 0 Å². The van der Waals surface area contributed by atoms with E-state index in [4.69, 9.17) is 15.0 Å². The van der Waals surface area contributed by atoms with E-state index in [9.17, 15) is 13.2 Å². The summed E-state index contributed by atoms with van der Waals surface area (Å²) in [6, 6.07) is 0. The topological polar surface area (TPSA) is 83.6 Å². The van der Waals surface area contributed by atoms with Crippen LogP contribution in [0.15, 0.2) is 0 Å². The van der Waals surface area contributed by atoms with E-state index in [1.165, 1.54) is 0 Å². The molecule has 0 aromatic rings. The molecule has 0 aliphatic carbocycles. The number of aliphatic hydroxyl groups excluding tert-OH is 2. The number of carbonyl (C=O) groups excluding carboxylic acids is 1. The minimum absolute atomic E-state index is 0.125. The highest BCUT2D eigenvalue weighted by molar-refractivity contribution is 5.79. The van der Waals surface area contributed by atoms with Gasteiger partial charge in [-0.05, 0) is 0 Å². The van der Waals surface area contributed by atoms with Crippen molar-refractivity contribution in [1.82, 2.24) is 0 Å². The van der Waals surface area contributed by atoms with Gasteiger partial charge in [-0.1, -0.05) is 0 Å². The molecule has 7 heteroatoms. The lowest BCUT2D eigenvalue weighted by Gasteiger charge is -1.95. The Balaban J connectivity index is 0. The number of amides is 1.